The summed E-state index contributed by atoms with van der Waals surface area (Å²) in [7, 11) is 0. The molecule has 0 heterocycles. The summed E-state index contributed by atoms with van der Waals surface area (Å²) < 4.78 is 20.5. The number of benzene rings is 1. The van der Waals surface area contributed by atoms with Crippen molar-refractivity contribution in [3.8, 4) is 0 Å². The Labute approximate surface area is 87.6 Å². The molecular weight excluding hydrogens is 196 g/mol. The van der Waals surface area contributed by atoms with Crippen LogP contribution < -0.4 is 0 Å². The summed E-state index contributed by atoms with van der Waals surface area (Å²) in [5.74, 6) is 0. The molecule has 14 heavy (non-hydrogen) atoms. The van der Waals surface area contributed by atoms with Crippen molar-refractivity contribution in [2.45, 2.75) is 26.0 Å². The fourth-order valence-electron chi connectivity index (χ4n) is 1.55. The van der Waals surface area contributed by atoms with Crippen LogP contribution in [0.1, 0.15) is 31.6 Å². The predicted octanol–water partition coefficient (Wildman–Crippen LogP) is 3.00. The molecule has 1 N–H and O–H groups in total. The van der Waals surface area contributed by atoms with E-state index in [4.69, 9.17) is 0 Å². The van der Waals surface area contributed by atoms with Crippen molar-refractivity contribution in [1.82, 2.24) is 0 Å². The molecule has 0 saturated heterocycles. The molecule has 1 aromatic rings. The van der Waals surface area contributed by atoms with Gasteiger partial charge in [-0.15, -0.1) is 0 Å². The third kappa shape index (κ3) is 2.66. The lowest BCUT2D eigenvalue weighted by atomic mass is 9.87. The minimum Gasteiger partial charge on any atom is -0.306 e. The first-order chi connectivity index (χ1) is 6.43. The van der Waals surface area contributed by atoms with E-state index in [1.807, 2.05) is 51.1 Å². The number of hydrogen-bond donors (Lipinski definition) is 1. The first-order valence-corrected chi connectivity index (χ1v) is 5.74. The summed E-state index contributed by atoms with van der Waals surface area (Å²) >= 11 is -1.82. The molecule has 0 spiro atoms. The Hall–Kier alpha value is -0.670. The highest BCUT2D eigenvalue weighted by molar-refractivity contribution is 7.79. The Morgan fingerprint density at radius 1 is 1.21 bits per heavy atom. The van der Waals surface area contributed by atoms with Gasteiger partial charge in [0, 0.05) is 0 Å². The van der Waals surface area contributed by atoms with Crippen LogP contribution >= 0.6 is 0 Å². The van der Waals surface area contributed by atoms with E-state index in [0.717, 1.165) is 5.56 Å². The van der Waals surface area contributed by atoms with Crippen molar-refractivity contribution >= 4 is 11.1 Å². The van der Waals surface area contributed by atoms with Crippen LogP contribution in [0.5, 0.6) is 0 Å². The molecule has 0 fully saturated rings. The van der Waals surface area contributed by atoms with E-state index >= 15 is 0 Å². The summed E-state index contributed by atoms with van der Waals surface area (Å²) in [6, 6.07) is 9.47. The summed E-state index contributed by atoms with van der Waals surface area (Å²) in [5, 5.41) is -0.330. The van der Waals surface area contributed by atoms with Gasteiger partial charge in [0.15, 0.2) is 11.1 Å². The van der Waals surface area contributed by atoms with Crippen LogP contribution in [0.4, 0.5) is 0 Å². The van der Waals surface area contributed by atoms with Crippen LogP contribution in [0.15, 0.2) is 30.3 Å². The van der Waals surface area contributed by atoms with Crippen LogP contribution in [-0.4, -0.2) is 8.76 Å². The van der Waals surface area contributed by atoms with Crippen LogP contribution in [0.2, 0.25) is 0 Å². The van der Waals surface area contributed by atoms with Crippen molar-refractivity contribution in [3.63, 3.8) is 0 Å². The van der Waals surface area contributed by atoms with Gasteiger partial charge in [0.05, 0.1) is 5.25 Å². The lowest BCUT2D eigenvalue weighted by Gasteiger charge is -2.27. The lowest BCUT2D eigenvalue weighted by Crippen LogP contribution is -2.22. The van der Waals surface area contributed by atoms with Gasteiger partial charge in [0.25, 0.3) is 0 Å². The van der Waals surface area contributed by atoms with Crippen molar-refractivity contribution in [2.24, 2.45) is 5.41 Å². The second-order valence-electron chi connectivity index (χ2n) is 4.43. The topological polar surface area (TPSA) is 37.3 Å². The second-order valence-corrected chi connectivity index (χ2v) is 5.46. The van der Waals surface area contributed by atoms with E-state index in [9.17, 15) is 8.76 Å². The molecular formula is C11H16O2S. The molecule has 0 aromatic heterocycles. The van der Waals surface area contributed by atoms with Crippen LogP contribution in [0.25, 0.3) is 0 Å². The molecule has 1 rings (SSSR count). The van der Waals surface area contributed by atoms with E-state index in [0.29, 0.717) is 0 Å². The standard InChI is InChI=1S/C11H16O2S/c1-11(2,3)10(14(12)13)9-7-5-4-6-8-9/h4-8,10H,1-3H3,(H,12,13). The Bertz CT molecular complexity index is 314. The number of hydrogen-bond acceptors (Lipinski definition) is 1. The fourth-order valence-corrected chi connectivity index (χ4v) is 2.54. The summed E-state index contributed by atoms with van der Waals surface area (Å²) in [4.78, 5) is 0. The molecule has 0 aliphatic heterocycles. The first kappa shape index (κ1) is 11.4. The molecule has 2 atom stereocenters. The van der Waals surface area contributed by atoms with Gasteiger partial charge in [-0.2, -0.15) is 0 Å². The quantitative estimate of drug-likeness (QED) is 0.765. The Balaban J connectivity index is 3.08. The van der Waals surface area contributed by atoms with E-state index < -0.39 is 11.1 Å². The molecule has 0 aliphatic rings. The highest BCUT2D eigenvalue weighted by Crippen LogP contribution is 2.36. The fraction of sp³-hybridized carbons (Fsp3) is 0.455. The maximum absolute atomic E-state index is 11.3. The highest BCUT2D eigenvalue weighted by atomic mass is 32.2. The smallest absolute Gasteiger partial charge is 0.161 e. The van der Waals surface area contributed by atoms with Crippen LogP contribution in [-0.2, 0) is 11.1 Å². The highest BCUT2D eigenvalue weighted by Gasteiger charge is 2.30. The van der Waals surface area contributed by atoms with Crippen molar-refractivity contribution < 1.29 is 8.76 Å². The SMILES string of the molecule is CC(C)(C)C(c1ccccc1)S(=O)O. The normalized spacial score (nSPS) is 16.3. The average molecular weight is 212 g/mol. The largest absolute Gasteiger partial charge is 0.306 e. The molecule has 2 nitrogen and oxygen atoms in total. The Morgan fingerprint density at radius 2 is 1.71 bits per heavy atom. The van der Waals surface area contributed by atoms with E-state index in [2.05, 4.69) is 0 Å². The molecule has 0 aliphatic carbocycles. The van der Waals surface area contributed by atoms with Gasteiger partial charge in [-0.1, -0.05) is 51.1 Å². The minimum absolute atomic E-state index is 0.207. The zero-order chi connectivity index (χ0) is 10.8. The van der Waals surface area contributed by atoms with Crippen LogP contribution in [0.3, 0.4) is 0 Å². The maximum atomic E-state index is 11.3. The molecule has 0 amide bonds. The summed E-state index contributed by atoms with van der Waals surface area (Å²) in [6.07, 6.45) is 0. The third-order valence-electron chi connectivity index (χ3n) is 2.09. The summed E-state index contributed by atoms with van der Waals surface area (Å²) in [6.45, 7) is 5.91. The van der Waals surface area contributed by atoms with Crippen LogP contribution in [0, 0.1) is 5.41 Å². The third-order valence-corrected chi connectivity index (χ3v) is 3.47. The van der Waals surface area contributed by atoms with Crippen molar-refractivity contribution in [1.29, 1.82) is 0 Å². The van der Waals surface area contributed by atoms with Gasteiger partial charge >= 0.3 is 0 Å². The molecule has 0 bridgehead atoms. The van der Waals surface area contributed by atoms with Gasteiger partial charge in [-0.05, 0) is 11.0 Å². The maximum Gasteiger partial charge on any atom is 0.161 e. The molecule has 78 valence electrons. The second kappa shape index (κ2) is 4.24. The lowest BCUT2D eigenvalue weighted by molar-refractivity contribution is 0.377. The molecule has 0 radical (unpaired) electrons. The predicted molar refractivity (Wildman–Crippen MR) is 59.4 cm³/mol. The summed E-state index contributed by atoms with van der Waals surface area (Å²) in [5.41, 5.74) is 0.710. The molecule has 0 saturated carbocycles. The van der Waals surface area contributed by atoms with Gasteiger partial charge in [-0.3, -0.25) is 0 Å². The van der Waals surface area contributed by atoms with E-state index in [1.165, 1.54) is 0 Å². The van der Waals surface area contributed by atoms with Gasteiger partial charge in [0.2, 0.25) is 0 Å². The van der Waals surface area contributed by atoms with Gasteiger partial charge < -0.3 is 4.55 Å². The van der Waals surface area contributed by atoms with Gasteiger partial charge in [0.1, 0.15) is 0 Å². The van der Waals surface area contributed by atoms with E-state index in [1.54, 1.807) is 0 Å². The molecule has 2 unspecified atom stereocenters. The molecule has 1 aromatic carbocycles. The Kier molecular flexibility index (Phi) is 3.45. The zero-order valence-electron chi connectivity index (χ0n) is 8.73. The van der Waals surface area contributed by atoms with Crippen molar-refractivity contribution in [3.05, 3.63) is 35.9 Å². The van der Waals surface area contributed by atoms with Gasteiger partial charge in [-0.25, -0.2) is 4.21 Å². The number of rotatable bonds is 2. The first-order valence-electron chi connectivity index (χ1n) is 4.57. The van der Waals surface area contributed by atoms with Crippen molar-refractivity contribution in [2.75, 3.05) is 0 Å². The zero-order valence-corrected chi connectivity index (χ0v) is 9.54. The average Bonchev–Trinajstić information content (AvgIpc) is 2.02. The monoisotopic (exact) mass is 212 g/mol. The molecule has 3 heteroatoms. The minimum atomic E-state index is -1.82. The Morgan fingerprint density at radius 3 is 2.07 bits per heavy atom. The van der Waals surface area contributed by atoms with E-state index in [-0.39, 0.29) is 10.7 Å².